The van der Waals surface area contributed by atoms with Gasteiger partial charge >= 0.3 is 0 Å². The summed E-state index contributed by atoms with van der Waals surface area (Å²) in [6, 6.07) is 134. The first-order valence-corrected chi connectivity index (χ1v) is 40.9. The summed E-state index contributed by atoms with van der Waals surface area (Å²) in [5.74, 6) is 0. The quantitative estimate of drug-likeness (QED) is 0.178. The smallest absolute Gasteiger partial charge is 0.0644 e. The molecule has 0 amide bonds. The number of benzene rings is 18. The number of nitrogens with zero attached hydrogens (tertiary/aromatic N) is 3. The van der Waals surface area contributed by atoms with Crippen LogP contribution in [0, 0.1) is 0 Å². The largest absolute Gasteiger partial charge is 0.354 e. The molecule has 4 aliphatic carbocycles. The van der Waals surface area contributed by atoms with E-state index in [1.54, 1.807) is 0 Å². The van der Waals surface area contributed by atoms with Gasteiger partial charge in [0.25, 0.3) is 0 Å². The third-order valence-electron chi connectivity index (χ3n) is 26.0. The molecule has 540 valence electrons. The maximum Gasteiger partial charge on any atom is 0.0644 e. The fraction of sp³-hybridized carbons (Fsp3) is 0.0545. The van der Waals surface area contributed by atoms with Crippen molar-refractivity contribution in [3.63, 3.8) is 0 Å². The van der Waals surface area contributed by atoms with Gasteiger partial charge < -0.3 is 18.7 Å². The molecule has 4 aliphatic rings. The summed E-state index contributed by atoms with van der Waals surface area (Å²) < 4.78 is 8.70. The van der Waals surface area contributed by atoms with Crippen molar-refractivity contribution in [1.82, 2.24) is 18.7 Å². The van der Waals surface area contributed by atoms with Gasteiger partial charge in [-0.25, -0.2) is 0 Å². The Bertz CT molecular complexity index is 7910. The van der Waals surface area contributed by atoms with Gasteiger partial charge in [0.05, 0.1) is 38.6 Å². The van der Waals surface area contributed by atoms with Crippen LogP contribution in [-0.2, 0) is 10.8 Å². The van der Waals surface area contributed by atoms with E-state index in [9.17, 15) is 0 Å². The highest BCUT2D eigenvalue weighted by atomic mass is 79.9. The Hall–Kier alpha value is -13.8. The van der Waals surface area contributed by atoms with Crippen molar-refractivity contribution in [1.29, 1.82) is 0 Å². The highest BCUT2D eigenvalue weighted by Crippen LogP contribution is 2.61. The molecule has 0 unspecified atom stereocenters. The van der Waals surface area contributed by atoms with E-state index in [1.165, 1.54) is 231 Å². The molecule has 0 saturated heterocycles. The van der Waals surface area contributed by atoms with Crippen molar-refractivity contribution in [2.45, 2.75) is 38.5 Å². The Labute approximate surface area is 673 Å². The molecule has 1 N–H and O–H groups in total. The second-order valence-corrected chi connectivity index (χ2v) is 33.5. The maximum atomic E-state index is 3.86. The van der Waals surface area contributed by atoms with E-state index in [-0.39, 0.29) is 10.8 Å². The van der Waals surface area contributed by atoms with E-state index in [2.05, 4.69) is 426 Å². The molecule has 0 radical (unpaired) electrons. The number of fused-ring (bicyclic) bond motifs is 30. The van der Waals surface area contributed by atoms with Gasteiger partial charge in [-0.1, -0.05) is 335 Å². The lowest BCUT2D eigenvalue weighted by atomic mass is 9.80. The lowest BCUT2D eigenvalue weighted by Crippen LogP contribution is -2.15. The molecular weight excluding hydrogens is 1460 g/mol. The van der Waals surface area contributed by atoms with E-state index >= 15 is 0 Å². The third-order valence-corrected chi connectivity index (χ3v) is 26.4. The van der Waals surface area contributed by atoms with Crippen molar-refractivity contribution in [3.8, 4) is 106 Å². The van der Waals surface area contributed by atoms with Crippen LogP contribution in [0.2, 0.25) is 0 Å². The summed E-state index contributed by atoms with van der Waals surface area (Å²) in [4.78, 5) is 3.86. The number of para-hydroxylation sites is 6. The van der Waals surface area contributed by atoms with Gasteiger partial charge in [0.15, 0.2) is 0 Å². The van der Waals surface area contributed by atoms with Gasteiger partial charge in [0.2, 0.25) is 0 Å². The molecule has 0 spiro atoms. The number of nitrogens with one attached hydrogen (secondary N) is 1. The minimum Gasteiger partial charge on any atom is -0.354 e. The highest BCUT2D eigenvalue weighted by molar-refractivity contribution is 9.10. The zero-order valence-electron chi connectivity index (χ0n) is 63.9. The predicted octanol–water partition coefficient (Wildman–Crippen LogP) is 30.3. The van der Waals surface area contributed by atoms with Crippen LogP contribution in [0.1, 0.15) is 49.9 Å². The van der Waals surface area contributed by atoms with E-state index in [0.29, 0.717) is 0 Å². The van der Waals surface area contributed by atoms with Crippen molar-refractivity contribution < 1.29 is 0 Å². The zero-order chi connectivity index (χ0) is 76.3. The van der Waals surface area contributed by atoms with Crippen LogP contribution in [0.4, 0.5) is 0 Å². The summed E-state index contributed by atoms with van der Waals surface area (Å²) in [5.41, 5.74) is 39.9. The van der Waals surface area contributed by atoms with Gasteiger partial charge in [-0.3, -0.25) is 0 Å². The molecule has 0 saturated carbocycles. The third kappa shape index (κ3) is 9.18. The van der Waals surface area contributed by atoms with Crippen LogP contribution in [0.3, 0.4) is 0 Å². The standard InChI is InChI=1S/C55H36N2.C33H24N2.C22H13Br/c1-55(2)45-27-11-8-22-42(45)49-52(55)50-43-23-9-12-28-46(43)57(54(50)51-44-24-10-13-29-47(44)56(53(49)51)34-17-4-3-5-18-34)35-19-14-16-33(32-35)36-30-31-41-38-21-7-6-20-37(38)40-26-15-25-39(36)48(40)41;1-33(2)24-17-9-6-14-21(24)28-30(33)27-22-15-7-10-18-25(22)34-31(27)29-23-16-8-11-19-26(23)35(32(28)29)20-12-4-3-5-13-20;23-15-6-3-5-14(13-15)16-11-12-21-18-8-2-1-7-17(18)20-10-4-9-19(16)22(20)21/h3-32H,1-2H3;3-19,34H,1-2H3;1-13H. The molecule has 18 aromatic carbocycles. The molecule has 0 aliphatic heterocycles. The Kier molecular flexibility index (Phi) is 14.1. The van der Waals surface area contributed by atoms with Gasteiger partial charge in [0.1, 0.15) is 0 Å². The van der Waals surface area contributed by atoms with Crippen LogP contribution < -0.4 is 0 Å². The summed E-state index contributed by atoms with van der Waals surface area (Å²) in [6.45, 7) is 9.64. The Morgan fingerprint density at radius 1 is 0.243 bits per heavy atom. The lowest BCUT2D eigenvalue weighted by molar-refractivity contribution is 0.666. The maximum absolute atomic E-state index is 3.86. The Balaban J connectivity index is 0.000000111. The number of hydrogen-bond acceptors (Lipinski definition) is 0. The van der Waals surface area contributed by atoms with Crippen LogP contribution in [0.15, 0.2) is 368 Å². The number of rotatable bonds is 5. The molecular formula is C110H73BrN4. The average Bonchev–Trinajstić information content (AvgIpc) is 1.51. The molecule has 5 heteroatoms. The fourth-order valence-corrected chi connectivity index (χ4v) is 21.7. The van der Waals surface area contributed by atoms with Crippen LogP contribution in [-0.4, -0.2) is 18.7 Å². The molecule has 26 rings (SSSR count). The monoisotopic (exact) mass is 1530 g/mol. The van der Waals surface area contributed by atoms with E-state index in [4.69, 9.17) is 0 Å². The normalized spacial score (nSPS) is 13.4. The number of aromatic amines is 1. The van der Waals surface area contributed by atoms with Crippen molar-refractivity contribution in [3.05, 3.63) is 391 Å². The summed E-state index contributed by atoms with van der Waals surface area (Å²) in [6.07, 6.45) is 0. The minimum absolute atomic E-state index is 0.110. The van der Waals surface area contributed by atoms with Crippen molar-refractivity contribution in [2.75, 3.05) is 0 Å². The first-order chi connectivity index (χ1) is 56.6. The minimum atomic E-state index is -0.227. The second kappa shape index (κ2) is 24.6. The topological polar surface area (TPSA) is 30.6 Å². The number of hydrogen-bond donors (Lipinski definition) is 1. The number of H-pyrrole nitrogens is 1. The van der Waals surface area contributed by atoms with E-state index in [0.717, 1.165) is 10.2 Å². The predicted molar refractivity (Wildman–Crippen MR) is 489 cm³/mol. The lowest BCUT2D eigenvalue weighted by Gasteiger charge is -2.23. The molecule has 0 atom stereocenters. The molecule has 0 bridgehead atoms. The van der Waals surface area contributed by atoms with Gasteiger partial charge in [0, 0.05) is 92.1 Å². The second-order valence-electron chi connectivity index (χ2n) is 32.6. The Morgan fingerprint density at radius 2 is 0.600 bits per heavy atom. The first-order valence-electron chi connectivity index (χ1n) is 40.1. The van der Waals surface area contributed by atoms with Crippen LogP contribution >= 0.6 is 15.9 Å². The van der Waals surface area contributed by atoms with Crippen LogP contribution in [0.25, 0.3) is 215 Å². The first kappa shape index (κ1) is 65.8. The van der Waals surface area contributed by atoms with Crippen LogP contribution in [0.5, 0.6) is 0 Å². The molecule has 22 aromatic rings. The fourth-order valence-electron chi connectivity index (χ4n) is 21.3. The van der Waals surface area contributed by atoms with Gasteiger partial charge in [-0.15, -0.1) is 0 Å². The zero-order valence-corrected chi connectivity index (χ0v) is 65.4. The summed E-state index contributed by atoms with van der Waals surface area (Å²) in [5, 5.41) is 15.8. The van der Waals surface area contributed by atoms with Crippen molar-refractivity contribution >= 4 is 125 Å². The number of aromatic nitrogens is 4. The highest BCUT2D eigenvalue weighted by Gasteiger charge is 2.44. The van der Waals surface area contributed by atoms with E-state index in [1.807, 2.05) is 0 Å². The average molecular weight is 1530 g/mol. The molecule has 4 nitrogen and oxygen atoms in total. The van der Waals surface area contributed by atoms with E-state index < -0.39 is 0 Å². The molecule has 4 heterocycles. The summed E-state index contributed by atoms with van der Waals surface area (Å²) in [7, 11) is 0. The molecule has 0 fully saturated rings. The van der Waals surface area contributed by atoms with Crippen molar-refractivity contribution in [2.24, 2.45) is 0 Å². The summed E-state index contributed by atoms with van der Waals surface area (Å²) >= 11 is 3.59. The SMILES string of the molecule is Brc1cccc(-c2ccc3c4c(cccc24)-c2ccccc2-3)c1.CC1(C)c2ccccc2-c2c1c1c3ccccc3[nH]c1c1c3ccccc3n(-c3ccccc3)c21.CC1(C)c2ccccc2-c2c1c1c3ccccc3n(-c3cccc(-c4ccc5c6c(cccc46)-c4ccccc4-5)c3)c1c1c3ccccc3n(-c3ccccc3)c21. The van der Waals surface area contributed by atoms with Gasteiger partial charge in [-0.05, 0) is 194 Å². The van der Waals surface area contributed by atoms with Gasteiger partial charge in [-0.2, -0.15) is 0 Å². The molecule has 115 heavy (non-hydrogen) atoms. The number of halogens is 1. The Morgan fingerprint density at radius 3 is 1.12 bits per heavy atom. The molecule has 4 aromatic heterocycles.